The van der Waals surface area contributed by atoms with E-state index in [0.29, 0.717) is 19.6 Å². The number of aliphatic carboxylic acids is 1. The van der Waals surface area contributed by atoms with Gasteiger partial charge in [-0.1, -0.05) is 18.2 Å². The minimum absolute atomic E-state index is 0.157. The number of carboxylic acid groups (broad SMARTS) is 1. The van der Waals surface area contributed by atoms with Crippen molar-refractivity contribution >= 4 is 11.9 Å². The number of benzene rings is 1. The fourth-order valence-electron chi connectivity index (χ4n) is 2.97. The van der Waals surface area contributed by atoms with Gasteiger partial charge in [-0.3, -0.25) is 9.69 Å². The van der Waals surface area contributed by atoms with Crippen LogP contribution in [0.3, 0.4) is 0 Å². The van der Waals surface area contributed by atoms with Gasteiger partial charge in [-0.15, -0.1) is 0 Å². The zero-order valence-corrected chi connectivity index (χ0v) is 17.6. The molecule has 10 heteroatoms. The van der Waals surface area contributed by atoms with Crippen LogP contribution >= 0.6 is 0 Å². The highest BCUT2D eigenvalue weighted by Gasteiger charge is 2.38. The van der Waals surface area contributed by atoms with Crippen LogP contribution in [0, 0.1) is 5.92 Å². The largest absolute Gasteiger partial charge is 0.496 e. The number of amides is 1. The Morgan fingerprint density at radius 2 is 1.90 bits per heavy atom. The molecule has 30 heavy (non-hydrogen) atoms. The average Bonchev–Trinajstić information content (AvgIpc) is 2.84. The van der Waals surface area contributed by atoms with Gasteiger partial charge in [-0.25, -0.2) is 4.79 Å². The summed E-state index contributed by atoms with van der Waals surface area (Å²) in [5, 5.41) is 7.12. The molecule has 1 fully saturated rings. The van der Waals surface area contributed by atoms with Crippen molar-refractivity contribution in [3.63, 3.8) is 0 Å². The number of hydrogen-bond acceptors (Lipinski definition) is 5. The van der Waals surface area contributed by atoms with E-state index in [4.69, 9.17) is 19.4 Å². The van der Waals surface area contributed by atoms with Crippen molar-refractivity contribution in [2.45, 2.75) is 32.1 Å². The van der Waals surface area contributed by atoms with Crippen molar-refractivity contribution in [2.24, 2.45) is 5.92 Å². The van der Waals surface area contributed by atoms with Crippen LogP contribution in [0.1, 0.15) is 18.9 Å². The van der Waals surface area contributed by atoms with Crippen LogP contribution in [0.2, 0.25) is 0 Å². The Morgan fingerprint density at radius 1 is 1.30 bits per heavy atom. The number of methoxy groups -OCH3 is 1. The summed E-state index contributed by atoms with van der Waals surface area (Å²) in [4.78, 5) is 25.0. The molecule has 0 unspecified atom stereocenters. The summed E-state index contributed by atoms with van der Waals surface area (Å²) in [5.41, 5.74) is 1.17. The van der Waals surface area contributed by atoms with Crippen molar-refractivity contribution < 1.29 is 37.3 Å². The van der Waals surface area contributed by atoms with Gasteiger partial charge < -0.3 is 19.5 Å². The van der Waals surface area contributed by atoms with E-state index in [0.717, 1.165) is 18.8 Å². The van der Waals surface area contributed by atoms with Crippen LogP contribution in [0.25, 0.3) is 0 Å². The Hall–Kier alpha value is -2.33. The second-order valence-electron chi connectivity index (χ2n) is 7.15. The molecule has 7 nitrogen and oxygen atoms in total. The first-order chi connectivity index (χ1) is 14.0. The minimum atomic E-state index is -5.08. The molecule has 0 radical (unpaired) electrons. The molecule has 0 bridgehead atoms. The van der Waals surface area contributed by atoms with E-state index in [1.807, 2.05) is 18.2 Å². The summed E-state index contributed by atoms with van der Waals surface area (Å²) in [6, 6.07) is 8.38. The zero-order chi connectivity index (χ0) is 22.9. The molecule has 1 aromatic carbocycles. The number of hydrogen-bond donors (Lipinski definition) is 1. The van der Waals surface area contributed by atoms with Crippen molar-refractivity contribution in [2.75, 3.05) is 41.0 Å². The maximum atomic E-state index is 12.1. The topological polar surface area (TPSA) is 79.3 Å². The third kappa shape index (κ3) is 8.19. The molecule has 0 spiro atoms. The fraction of sp³-hybridized carbons (Fsp3) is 0.600. The van der Waals surface area contributed by atoms with E-state index in [9.17, 15) is 18.0 Å². The maximum absolute atomic E-state index is 12.1. The first-order valence-corrected chi connectivity index (χ1v) is 9.41. The summed E-state index contributed by atoms with van der Waals surface area (Å²) >= 11 is 0. The summed E-state index contributed by atoms with van der Waals surface area (Å²) in [6.07, 6.45) is -4.56. The molecule has 1 aliphatic heterocycles. The third-order valence-corrected chi connectivity index (χ3v) is 4.86. The third-order valence-electron chi connectivity index (χ3n) is 4.86. The van der Waals surface area contributed by atoms with Gasteiger partial charge in [0.2, 0.25) is 5.91 Å². The van der Waals surface area contributed by atoms with E-state index < -0.39 is 12.1 Å². The van der Waals surface area contributed by atoms with Gasteiger partial charge in [-0.05, 0) is 13.0 Å². The zero-order valence-electron chi connectivity index (χ0n) is 17.6. The van der Waals surface area contributed by atoms with Crippen LogP contribution in [-0.2, 0) is 20.9 Å². The van der Waals surface area contributed by atoms with E-state index >= 15 is 0 Å². The second kappa shape index (κ2) is 11.8. The Labute approximate surface area is 174 Å². The number of alkyl halides is 3. The van der Waals surface area contributed by atoms with Gasteiger partial charge in [0.25, 0.3) is 0 Å². The molecular weight excluding hydrogens is 405 g/mol. The highest BCUT2D eigenvalue weighted by molar-refractivity contribution is 5.75. The van der Waals surface area contributed by atoms with Crippen LogP contribution in [0.15, 0.2) is 24.3 Å². The van der Waals surface area contributed by atoms with Gasteiger partial charge in [-0.2, -0.15) is 13.2 Å². The number of rotatable bonds is 5. The lowest BCUT2D eigenvalue weighted by Crippen LogP contribution is -2.40. The number of para-hydroxylation sites is 1. The molecule has 1 aromatic rings. The van der Waals surface area contributed by atoms with Crippen molar-refractivity contribution in [3.8, 4) is 5.75 Å². The number of carbonyl (C=O) groups is 2. The van der Waals surface area contributed by atoms with Gasteiger partial charge in [0.05, 0.1) is 20.3 Å². The predicted octanol–water partition coefficient (Wildman–Crippen LogP) is 2.64. The van der Waals surface area contributed by atoms with Crippen molar-refractivity contribution in [1.82, 2.24) is 9.80 Å². The first kappa shape index (κ1) is 25.7. The smallest absolute Gasteiger partial charge is 0.490 e. The quantitative estimate of drug-likeness (QED) is 0.768. The molecule has 0 saturated carbocycles. The Morgan fingerprint density at radius 3 is 2.43 bits per heavy atom. The molecule has 1 heterocycles. The molecular formula is C20H29F3N2O5. The lowest BCUT2D eigenvalue weighted by Gasteiger charge is -2.32. The lowest BCUT2D eigenvalue weighted by atomic mass is 9.96. The van der Waals surface area contributed by atoms with E-state index in [1.54, 1.807) is 26.1 Å². The molecule has 1 aliphatic rings. The number of nitrogens with zero attached hydrogens (tertiary/aromatic N) is 2. The van der Waals surface area contributed by atoms with Gasteiger partial charge in [0.1, 0.15) is 5.75 Å². The number of ether oxygens (including phenoxy) is 2. The standard InChI is InChI=1S/C18H28N2O3.C2HF3O2/c1-14-16(11-18(21)19(2)3)13-23-10-9-20(14)12-15-7-5-6-8-17(15)22-4;3-2(4,5)1(6)7/h5-8,14,16H,9-13H2,1-4H3;(H,6,7)/t14-,16+;/m1./s1. The number of carboxylic acids is 1. The molecule has 2 atom stereocenters. The lowest BCUT2D eigenvalue weighted by molar-refractivity contribution is -0.192. The summed E-state index contributed by atoms with van der Waals surface area (Å²) in [5.74, 6) is -1.48. The van der Waals surface area contributed by atoms with Crippen molar-refractivity contribution in [1.29, 1.82) is 0 Å². The van der Waals surface area contributed by atoms with Crippen molar-refractivity contribution in [3.05, 3.63) is 29.8 Å². The van der Waals surface area contributed by atoms with Gasteiger partial charge >= 0.3 is 12.1 Å². The van der Waals surface area contributed by atoms with E-state index in [2.05, 4.69) is 17.9 Å². The Kier molecular flexibility index (Phi) is 10.1. The van der Waals surface area contributed by atoms with E-state index in [1.165, 1.54) is 5.56 Å². The van der Waals surface area contributed by atoms with Gasteiger partial charge in [0, 0.05) is 51.1 Å². The summed E-state index contributed by atoms with van der Waals surface area (Å²) in [6.45, 7) is 5.21. The monoisotopic (exact) mass is 434 g/mol. The minimum Gasteiger partial charge on any atom is -0.496 e. The number of halogens is 3. The van der Waals surface area contributed by atoms with Crippen LogP contribution in [0.4, 0.5) is 13.2 Å². The fourth-order valence-corrected chi connectivity index (χ4v) is 2.97. The highest BCUT2D eigenvalue weighted by atomic mass is 19.4. The normalized spacial score (nSPS) is 19.8. The maximum Gasteiger partial charge on any atom is 0.490 e. The molecule has 0 aliphatic carbocycles. The number of carbonyl (C=O) groups excluding carboxylic acids is 1. The molecule has 1 N–H and O–H groups in total. The molecule has 1 saturated heterocycles. The van der Waals surface area contributed by atoms with E-state index in [-0.39, 0.29) is 17.9 Å². The molecule has 1 amide bonds. The Balaban J connectivity index is 0.000000553. The SMILES string of the molecule is COc1ccccc1CN1CCOC[C@H](CC(=O)N(C)C)[C@H]1C.O=C(O)C(F)(F)F. The average molecular weight is 434 g/mol. The Bertz CT molecular complexity index is 697. The molecule has 0 aromatic heterocycles. The van der Waals surface area contributed by atoms with Crippen LogP contribution in [0.5, 0.6) is 5.75 Å². The highest BCUT2D eigenvalue weighted by Crippen LogP contribution is 2.25. The first-order valence-electron chi connectivity index (χ1n) is 9.41. The second-order valence-corrected chi connectivity index (χ2v) is 7.15. The van der Waals surface area contributed by atoms with Crippen LogP contribution < -0.4 is 4.74 Å². The van der Waals surface area contributed by atoms with Crippen LogP contribution in [-0.4, -0.2) is 80.0 Å². The predicted molar refractivity (Wildman–Crippen MR) is 104 cm³/mol. The molecule has 2 rings (SSSR count). The van der Waals surface area contributed by atoms with Gasteiger partial charge in [0.15, 0.2) is 0 Å². The molecule has 170 valence electrons. The summed E-state index contributed by atoms with van der Waals surface area (Å²) in [7, 11) is 5.31. The summed E-state index contributed by atoms with van der Waals surface area (Å²) < 4.78 is 42.9.